The topological polar surface area (TPSA) is 22.1 Å². The molecule has 1 heterocycles. The molecule has 0 aliphatic rings. The fourth-order valence-corrected chi connectivity index (χ4v) is 2.59. The summed E-state index contributed by atoms with van der Waals surface area (Å²) in [6.45, 7) is 0. The predicted octanol–water partition coefficient (Wildman–Crippen LogP) is 5.12. The molecule has 0 atom stereocenters. The molecule has 2 rings (SSSR count). The zero-order chi connectivity index (χ0) is 12.4. The number of halogens is 4. The van der Waals surface area contributed by atoms with Gasteiger partial charge in [0.1, 0.15) is 5.15 Å². The van der Waals surface area contributed by atoms with Crippen molar-refractivity contribution >= 4 is 46.1 Å². The molecule has 7 heteroatoms. The van der Waals surface area contributed by atoms with E-state index in [1.165, 1.54) is 12.1 Å². The fourth-order valence-electron chi connectivity index (χ4n) is 1.10. The first-order valence-corrected chi connectivity index (χ1v) is 6.55. The first kappa shape index (κ1) is 12.9. The molecule has 90 valence electrons. The van der Waals surface area contributed by atoms with E-state index in [1.807, 2.05) is 0 Å². The maximum atomic E-state index is 13.5. The Balaban J connectivity index is 2.28. The summed E-state index contributed by atoms with van der Waals surface area (Å²) in [7, 11) is 0. The van der Waals surface area contributed by atoms with Crippen molar-refractivity contribution in [2.45, 2.75) is 5.88 Å². The Hall–Kier alpha value is -0.550. The second-order valence-electron chi connectivity index (χ2n) is 2.98. The summed E-state index contributed by atoms with van der Waals surface area (Å²) in [6.07, 6.45) is 0. The number of hydrogen-bond donors (Lipinski definition) is 0. The van der Waals surface area contributed by atoms with Gasteiger partial charge >= 0.3 is 0 Å². The van der Waals surface area contributed by atoms with Crippen molar-refractivity contribution in [3.8, 4) is 10.9 Å². The summed E-state index contributed by atoms with van der Waals surface area (Å²) in [6, 6.07) is 4.47. The lowest BCUT2D eigenvalue weighted by Crippen LogP contribution is -1.87. The maximum absolute atomic E-state index is 13.5. The maximum Gasteiger partial charge on any atom is 0.280 e. The first-order valence-electron chi connectivity index (χ1n) is 4.45. The molecule has 1 aromatic heterocycles. The molecule has 0 N–H and O–H groups in total. The number of thiazole rings is 1. The van der Waals surface area contributed by atoms with Crippen molar-refractivity contribution < 1.29 is 9.13 Å². The Labute approximate surface area is 116 Å². The van der Waals surface area contributed by atoms with Gasteiger partial charge in [0.2, 0.25) is 0 Å². The van der Waals surface area contributed by atoms with Crippen molar-refractivity contribution in [1.82, 2.24) is 4.98 Å². The SMILES string of the molecule is Fc1c(Cl)cccc1Oc1nc(Cl)c(CCl)s1. The van der Waals surface area contributed by atoms with Gasteiger partial charge < -0.3 is 4.74 Å². The summed E-state index contributed by atoms with van der Waals surface area (Å²) in [5.41, 5.74) is 0. The Bertz CT molecular complexity index is 546. The van der Waals surface area contributed by atoms with E-state index in [-0.39, 0.29) is 27.0 Å². The molecule has 0 saturated carbocycles. The Morgan fingerprint density at radius 1 is 1.35 bits per heavy atom. The van der Waals surface area contributed by atoms with Crippen LogP contribution in [0.15, 0.2) is 18.2 Å². The van der Waals surface area contributed by atoms with Gasteiger partial charge in [0, 0.05) is 0 Å². The third-order valence-corrected chi connectivity index (χ3v) is 3.94. The van der Waals surface area contributed by atoms with Crippen LogP contribution in [0, 0.1) is 5.82 Å². The number of ether oxygens (including phenoxy) is 1. The lowest BCUT2D eigenvalue weighted by Gasteiger charge is -2.03. The van der Waals surface area contributed by atoms with E-state index in [9.17, 15) is 4.39 Å². The van der Waals surface area contributed by atoms with E-state index < -0.39 is 5.82 Å². The van der Waals surface area contributed by atoms with Crippen molar-refractivity contribution in [2.24, 2.45) is 0 Å². The molecule has 0 aliphatic carbocycles. The smallest absolute Gasteiger partial charge is 0.280 e. The van der Waals surface area contributed by atoms with E-state index >= 15 is 0 Å². The standard InChI is InChI=1S/C10H5Cl3FNOS/c11-4-7-9(13)15-10(17-7)16-6-3-1-2-5(12)8(6)14/h1-3H,4H2. The van der Waals surface area contributed by atoms with Crippen LogP contribution in [0.5, 0.6) is 10.9 Å². The van der Waals surface area contributed by atoms with Gasteiger partial charge in [-0.25, -0.2) is 4.39 Å². The van der Waals surface area contributed by atoms with Gasteiger partial charge in [-0.15, -0.1) is 11.6 Å². The highest BCUT2D eigenvalue weighted by Crippen LogP contribution is 2.34. The number of benzene rings is 1. The second-order valence-corrected chi connectivity index (χ2v) is 5.06. The van der Waals surface area contributed by atoms with Crippen molar-refractivity contribution in [3.05, 3.63) is 39.1 Å². The average molecular weight is 313 g/mol. The number of alkyl halides is 1. The predicted molar refractivity (Wildman–Crippen MR) is 68.2 cm³/mol. The largest absolute Gasteiger partial charge is 0.428 e. The fraction of sp³-hybridized carbons (Fsp3) is 0.100. The minimum atomic E-state index is -0.632. The van der Waals surface area contributed by atoms with Crippen LogP contribution in [0.3, 0.4) is 0 Å². The molecule has 17 heavy (non-hydrogen) atoms. The minimum Gasteiger partial charge on any atom is -0.428 e. The Kier molecular flexibility index (Phi) is 4.09. The Morgan fingerprint density at radius 3 is 2.76 bits per heavy atom. The third-order valence-electron chi connectivity index (χ3n) is 1.86. The van der Waals surface area contributed by atoms with Crippen LogP contribution in [0.1, 0.15) is 4.88 Å². The molecule has 2 nitrogen and oxygen atoms in total. The molecule has 2 aromatic rings. The van der Waals surface area contributed by atoms with Crippen molar-refractivity contribution in [1.29, 1.82) is 0 Å². The molecule has 0 aliphatic heterocycles. The van der Waals surface area contributed by atoms with E-state index in [0.717, 1.165) is 11.3 Å². The highest BCUT2D eigenvalue weighted by Gasteiger charge is 2.13. The van der Waals surface area contributed by atoms with Crippen LogP contribution < -0.4 is 4.74 Å². The van der Waals surface area contributed by atoms with E-state index in [4.69, 9.17) is 39.5 Å². The molecule has 0 amide bonds. The van der Waals surface area contributed by atoms with Gasteiger partial charge in [-0.1, -0.05) is 40.6 Å². The third kappa shape index (κ3) is 2.83. The number of hydrogen-bond acceptors (Lipinski definition) is 3. The molecule has 0 radical (unpaired) electrons. The first-order chi connectivity index (χ1) is 8.11. The highest BCUT2D eigenvalue weighted by molar-refractivity contribution is 7.14. The lowest BCUT2D eigenvalue weighted by atomic mass is 10.3. The molecular weight excluding hydrogens is 308 g/mol. The van der Waals surface area contributed by atoms with Crippen LogP contribution >= 0.6 is 46.1 Å². The summed E-state index contributed by atoms with van der Waals surface area (Å²) >= 11 is 18.2. The van der Waals surface area contributed by atoms with Gasteiger partial charge in [-0.05, 0) is 12.1 Å². The molecule has 0 saturated heterocycles. The van der Waals surface area contributed by atoms with Crippen LogP contribution in [0.4, 0.5) is 4.39 Å². The average Bonchev–Trinajstić information content (AvgIpc) is 2.65. The summed E-state index contributed by atoms with van der Waals surface area (Å²) in [5.74, 6) is -0.394. The van der Waals surface area contributed by atoms with Crippen molar-refractivity contribution in [3.63, 3.8) is 0 Å². The van der Waals surface area contributed by atoms with Gasteiger partial charge in [0.15, 0.2) is 11.6 Å². The molecular formula is C10H5Cl3FNOS. The van der Waals surface area contributed by atoms with Crippen LogP contribution in [0.2, 0.25) is 10.2 Å². The normalized spacial score (nSPS) is 10.6. The number of nitrogens with zero attached hydrogens (tertiary/aromatic N) is 1. The second kappa shape index (κ2) is 5.40. The summed E-state index contributed by atoms with van der Waals surface area (Å²) in [4.78, 5) is 4.59. The molecule has 0 spiro atoms. The monoisotopic (exact) mass is 311 g/mol. The van der Waals surface area contributed by atoms with E-state index in [0.29, 0.717) is 4.88 Å². The molecule has 0 fully saturated rings. The van der Waals surface area contributed by atoms with Crippen LogP contribution in [-0.2, 0) is 5.88 Å². The Morgan fingerprint density at radius 2 is 2.12 bits per heavy atom. The zero-order valence-corrected chi connectivity index (χ0v) is 11.3. The van der Waals surface area contributed by atoms with Gasteiger partial charge in [0.05, 0.1) is 15.8 Å². The van der Waals surface area contributed by atoms with Gasteiger partial charge in [-0.2, -0.15) is 4.98 Å². The summed E-state index contributed by atoms with van der Waals surface area (Å²) in [5, 5.41) is 0.483. The number of rotatable bonds is 3. The van der Waals surface area contributed by atoms with Crippen molar-refractivity contribution in [2.75, 3.05) is 0 Å². The molecule has 0 unspecified atom stereocenters. The van der Waals surface area contributed by atoms with E-state index in [2.05, 4.69) is 4.98 Å². The lowest BCUT2D eigenvalue weighted by molar-refractivity contribution is 0.440. The molecule has 1 aromatic carbocycles. The quantitative estimate of drug-likeness (QED) is 0.734. The van der Waals surface area contributed by atoms with Gasteiger partial charge in [0.25, 0.3) is 5.19 Å². The highest BCUT2D eigenvalue weighted by atomic mass is 35.5. The minimum absolute atomic E-state index is 0.00374. The zero-order valence-electron chi connectivity index (χ0n) is 8.21. The number of aromatic nitrogens is 1. The van der Waals surface area contributed by atoms with Crippen LogP contribution in [0.25, 0.3) is 0 Å². The van der Waals surface area contributed by atoms with Gasteiger partial charge in [-0.3, -0.25) is 0 Å². The van der Waals surface area contributed by atoms with E-state index in [1.54, 1.807) is 6.07 Å². The van der Waals surface area contributed by atoms with Crippen LogP contribution in [-0.4, -0.2) is 4.98 Å². The molecule has 0 bridgehead atoms. The summed E-state index contributed by atoms with van der Waals surface area (Å²) < 4.78 is 18.8.